The Morgan fingerprint density at radius 2 is 2.00 bits per heavy atom. The highest BCUT2D eigenvalue weighted by atomic mass is 16.2. The Morgan fingerprint density at radius 1 is 1.32 bits per heavy atom. The van der Waals surface area contributed by atoms with E-state index in [0.29, 0.717) is 23.3 Å². The van der Waals surface area contributed by atoms with Crippen LogP contribution in [-0.2, 0) is 4.79 Å². The number of rotatable bonds is 5. The van der Waals surface area contributed by atoms with Crippen molar-refractivity contribution >= 4 is 36.8 Å². The lowest BCUT2D eigenvalue weighted by Crippen LogP contribution is -2.34. The van der Waals surface area contributed by atoms with Gasteiger partial charge in [-0.1, -0.05) is 31.4 Å². The molecule has 0 spiro atoms. The zero-order valence-electron chi connectivity index (χ0n) is 13.3. The summed E-state index contributed by atoms with van der Waals surface area (Å²) in [5.74, 6) is 0.489. The number of benzene rings is 1. The molecule has 0 saturated heterocycles. The summed E-state index contributed by atoms with van der Waals surface area (Å²) in [6, 6.07) is 5.47. The van der Waals surface area contributed by atoms with Gasteiger partial charge >= 0.3 is 0 Å². The number of amidine groups is 1. The lowest BCUT2D eigenvalue weighted by atomic mass is 9.93. The predicted molar refractivity (Wildman–Crippen MR) is 92.9 cm³/mol. The van der Waals surface area contributed by atoms with Crippen LogP contribution >= 0.6 is 0 Å². The highest BCUT2D eigenvalue weighted by Gasteiger charge is 2.20. The second-order valence-electron chi connectivity index (χ2n) is 5.56. The molecular formula is C17H22BN3O. The van der Waals surface area contributed by atoms with Crippen LogP contribution in [0.15, 0.2) is 28.8 Å². The summed E-state index contributed by atoms with van der Waals surface area (Å²) in [6.45, 7) is 5.67. The first-order valence-corrected chi connectivity index (χ1v) is 7.77. The van der Waals surface area contributed by atoms with Gasteiger partial charge in [0.2, 0.25) is 5.91 Å². The number of fused-ring (bicyclic) bond motifs is 1. The molecule has 0 fully saturated rings. The van der Waals surface area contributed by atoms with Crippen LogP contribution in [-0.4, -0.2) is 37.6 Å². The molecule has 1 aromatic carbocycles. The number of nitrogens with two attached hydrogens (primary N) is 1. The molecule has 1 aromatic rings. The van der Waals surface area contributed by atoms with Gasteiger partial charge in [-0.15, -0.1) is 0 Å². The van der Waals surface area contributed by atoms with Crippen LogP contribution in [0.2, 0.25) is 0 Å². The Balaban J connectivity index is 2.36. The average molecular weight is 295 g/mol. The molecule has 4 nitrogen and oxygen atoms in total. The summed E-state index contributed by atoms with van der Waals surface area (Å²) in [5, 5.41) is 0. The van der Waals surface area contributed by atoms with Crippen LogP contribution in [0.1, 0.15) is 38.7 Å². The molecule has 5 heteroatoms. The Hall–Kier alpha value is -2.04. The molecule has 0 aliphatic carbocycles. The molecule has 1 amide bonds. The van der Waals surface area contributed by atoms with Gasteiger partial charge < -0.3 is 10.6 Å². The molecular weight excluding hydrogens is 273 g/mol. The van der Waals surface area contributed by atoms with E-state index in [9.17, 15) is 4.79 Å². The van der Waals surface area contributed by atoms with E-state index in [1.807, 2.05) is 23.1 Å². The summed E-state index contributed by atoms with van der Waals surface area (Å²) in [7, 11) is 5.79. The molecule has 1 aliphatic heterocycles. The van der Waals surface area contributed by atoms with Crippen molar-refractivity contribution in [2.75, 3.05) is 13.1 Å². The normalized spacial score (nSPS) is 13.7. The van der Waals surface area contributed by atoms with Crippen molar-refractivity contribution in [1.29, 1.82) is 0 Å². The zero-order valence-corrected chi connectivity index (χ0v) is 13.3. The van der Waals surface area contributed by atoms with Crippen LogP contribution in [0.5, 0.6) is 0 Å². The topological polar surface area (TPSA) is 58.7 Å². The third kappa shape index (κ3) is 3.78. The summed E-state index contributed by atoms with van der Waals surface area (Å²) >= 11 is 0. The van der Waals surface area contributed by atoms with Crippen LogP contribution < -0.4 is 11.2 Å². The second kappa shape index (κ2) is 7.30. The molecule has 0 aromatic heterocycles. The van der Waals surface area contributed by atoms with Crippen LogP contribution in [0.3, 0.4) is 0 Å². The van der Waals surface area contributed by atoms with Gasteiger partial charge in [0, 0.05) is 30.6 Å². The van der Waals surface area contributed by atoms with Crippen molar-refractivity contribution in [1.82, 2.24) is 4.90 Å². The van der Waals surface area contributed by atoms with Crippen LogP contribution in [0.25, 0.3) is 6.08 Å². The van der Waals surface area contributed by atoms with Crippen molar-refractivity contribution < 1.29 is 4.79 Å². The fraction of sp³-hybridized carbons (Fsp3) is 0.412. The van der Waals surface area contributed by atoms with E-state index in [0.717, 1.165) is 37.2 Å². The number of aliphatic imine (C=N–C) groups is 1. The van der Waals surface area contributed by atoms with Crippen molar-refractivity contribution in [3.63, 3.8) is 0 Å². The molecule has 0 unspecified atom stereocenters. The van der Waals surface area contributed by atoms with Gasteiger partial charge in [-0.3, -0.25) is 4.79 Å². The van der Waals surface area contributed by atoms with E-state index in [2.05, 4.69) is 18.8 Å². The van der Waals surface area contributed by atoms with E-state index in [-0.39, 0.29) is 5.91 Å². The van der Waals surface area contributed by atoms with Crippen molar-refractivity contribution in [3.05, 3.63) is 29.3 Å². The quantitative estimate of drug-likeness (QED) is 0.844. The molecule has 114 valence electrons. The zero-order chi connectivity index (χ0) is 16.1. The fourth-order valence-corrected chi connectivity index (χ4v) is 2.60. The Labute approximate surface area is 133 Å². The average Bonchev–Trinajstić information content (AvgIpc) is 2.64. The first kappa shape index (κ1) is 16.3. The molecule has 1 heterocycles. The maximum Gasteiger partial charge on any atom is 0.250 e. The van der Waals surface area contributed by atoms with E-state index >= 15 is 0 Å². The van der Waals surface area contributed by atoms with Crippen molar-refractivity contribution in [3.8, 4) is 0 Å². The molecule has 22 heavy (non-hydrogen) atoms. The summed E-state index contributed by atoms with van der Waals surface area (Å²) in [4.78, 5) is 19.0. The van der Waals surface area contributed by atoms with Gasteiger partial charge in [0.15, 0.2) is 0 Å². The van der Waals surface area contributed by atoms with Gasteiger partial charge in [0.25, 0.3) is 0 Å². The lowest BCUT2D eigenvalue weighted by Gasteiger charge is -2.22. The van der Waals surface area contributed by atoms with E-state index in [1.54, 1.807) is 6.07 Å². The monoisotopic (exact) mass is 295 g/mol. The minimum absolute atomic E-state index is 0.0477. The second-order valence-corrected chi connectivity index (χ2v) is 5.56. The Morgan fingerprint density at radius 3 is 2.64 bits per heavy atom. The Bertz CT molecular complexity index is 616. The molecule has 0 bridgehead atoms. The summed E-state index contributed by atoms with van der Waals surface area (Å²) in [5.41, 5.74) is 8.90. The van der Waals surface area contributed by atoms with Gasteiger partial charge in [-0.05, 0) is 25.0 Å². The summed E-state index contributed by atoms with van der Waals surface area (Å²) < 4.78 is 0. The molecule has 0 saturated carbocycles. The third-order valence-corrected chi connectivity index (χ3v) is 3.57. The van der Waals surface area contributed by atoms with Gasteiger partial charge in [-0.2, -0.15) is 0 Å². The number of hydrogen-bond acceptors (Lipinski definition) is 3. The highest BCUT2D eigenvalue weighted by Crippen LogP contribution is 2.26. The van der Waals surface area contributed by atoms with Crippen molar-refractivity contribution in [2.24, 2.45) is 10.7 Å². The summed E-state index contributed by atoms with van der Waals surface area (Å²) in [6.07, 6.45) is 4.14. The fourth-order valence-electron chi connectivity index (χ4n) is 2.60. The molecule has 2 N–H and O–H groups in total. The first-order chi connectivity index (χ1) is 10.5. The highest BCUT2D eigenvalue weighted by molar-refractivity contribution is 6.32. The largest absolute Gasteiger partial charge is 0.387 e. The minimum Gasteiger partial charge on any atom is -0.387 e. The van der Waals surface area contributed by atoms with Crippen LogP contribution in [0.4, 0.5) is 5.69 Å². The number of hydrogen-bond donors (Lipinski definition) is 1. The SMILES string of the molecule is [B]c1ccc2c(c1)N=C(N)CC(C(=O)N(CCC)CCC)=C2. The van der Waals surface area contributed by atoms with Gasteiger partial charge in [0.05, 0.1) is 5.69 Å². The molecule has 2 rings (SSSR count). The number of amides is 1. The Kier molecular flexibility index (Phi) is 5.42. The smallest absolute Gasteiger partial charge is 0.250 e. The van der Waals surface area contributed by atoms with E-state index in [1.165, 1.54) is 0 Å². The van der Waals surface area contributed by atoms with E-state index < -0.39 is 0 Å². The van der Waals surface area contributed by atoms with Gasteiger partial charge in [0.1, 0.15) is 13.7 Å². The maximum atomic E-state index is 12.8. The van der Waals surface area contributed by atoms with Gasteiger partial charge in [-0.25, -0.2) is 4.99 Å². The lowest BCUT2D eigenvalue weighted by molar-refractivity contribution is -0.127. The molecule has 1 aliphatic rings. The third-order valence-electron chi connectivity index (χ3n) is 3.57. The van der Waals surface area contributed by atoms with Crippen LogP contribution in [0, 0.1) is 0 Å². The van der Waals surface area contributed by atoms with E-state index in [4.69, 9.17) is 13.6 Å². The minimum atomic E-state index is 0.0477. The number of nitrogens with zero attached hydrogens (tertiary/aromatic N) is 2. The maximum absolute atomic E-state index is 12.8. The molecule has 2 radical (unpaired) electrons. The molecule has 0 atom stereocenters. The van der Waals surface area contributed by atoms with Crippen molar-refractivity contribution in [2.45, 2.75) is 33.1 Å². The predicted octanol–water partition coefficient (Wildman–Crippen LogP) is 1.90. The number of carbonyl (C=O) groups is 1. The standard InChI is InChI=1S/C17H22BN3O/c1-3-7-21(8-4-2)17(22)13-9-12-5-6-14(18)11-15(12)20-16(19)10-13/h5-6,9,11H,3-4,7-8,10H2,1-2H3,(H2,19,20). The first-order valence-electron chi connectivity index (χ1n) is 7.77. The number of carbonyl (C=O) groups excluding carboxylic acids is 1.